The summed E-state index contributed by atoms with van der Waals surface area (Å²) in [4.78, 5) is 20.7. The standard InChI is InChI=1S/C20H18F3N5O3/c21-20(22,23)18-26-25-17(31-18)14-6-7-15(24-12-14)13-28(16-4-2-1-3-5-16)19(29)27-8-10-30-11-9-27/h1-7,12H,8-11,13H2. The minimum atomic E-state index is -4.71. The molecule has 0 spiro atoms. The van der Waals surface area contributed by atoms with Crippen LogP contribution in [0.2, 0.25) is 0 Å². The quantitative estimate of drug-likeness (QED) is 0.625. The van der Waals surface area contributed by atoms with E-state index in [1.165, 1.54) is 12.3 Å². The maximum absolute atomic E-state index is 13.1. The molecule has 2 aromatic heterocycles. The van der Waals surface area contributed by atoms with Gasteiger partial charge < -0.3 is 14.1 Å². The number of nitrogens with zero attached hydrogens (tertiary/aromatic N) is 5. The Balaban J connectivity index is 1.54. The van der Waals surface area contributed by atoms with E-state index in [2.05, 4.69) is 19.6 Å². The zero-order valence-corrected chi connectivity index (χ0v) is 16.2. The summed E-state index contributed by atoms with van der Waals surface area (Å²) in [7, 11) is 0. The summed E-state index contributed by atoms with van der Waals surface area (Å²) in [6, 6.07) is 12.1. The molecule has 3 heterocycles. The molecule has 31 heavy (non-hydrogen) atoms. The number of hydrogen-bond donors (Lipinski definition) is 0. The number of pyridine rings is 1. The van der Waals surface area contributed by atoms with Gasteiger partial charge in [-0.3, -0.25) is 9.88 Å². The maximum Gasteiger partial charge on any atom is 0.470 e. The average molecular weight is 433 g/mol. The van der Waals surface area contributed by atoms with Crippen LogP contribution in [0.4, 0.5) is 23.7 Å². The number of aromatic nitrogens is 3. The fourth-order valence-electron chi connectivity index (χ4n) is 3.06. The second kappa shape index (κ2) is 8.72. The van der Waals surface area contributed by atoms with Crippen LogP contribution in [0.3, 0.4) is 0 Å². The number of ether oxygens (including phenoxy) is 1. The van der Waals surface area contributed by atoms with Crippen molar-refractivity contribution in [2.45, 2.75) is 12.7 Å². The molecule has 0 atom stereocenters. The first-order valence-corrected chi connectivity index (χ1v) is 9.47. The van der Waals surface area contributed by atoms with Crippen molar-refractivity contribution in [2.24, 2.45) is 0 Å². The van der Waals surface area contributed by atoms with Gasteiger partial charge in [0, 0.05) is 25.0 Å². The van der Waals surface area contributed by atoms with E-state index < -0.39 is 12.1 Å². The number of carbonyl (C=O) groups is 1. The fraction of sp³-hybridized carbons (Fsp3) is 0.300. The lowest BCUT2D eigenvalue weighted by molar-refractivity contribution is -0.156. The molecule has 3 aromatic rings. The Morgan fingerprint density at radius 1 is 1.06 bits per heavy atom. The molecule has 8 nitrogen and oxygen atoms in total. The van der Waals surface area contributed by atoms with Gasteiger partial charge in [0.1, 0.15) is 0 Å². The van der Waals surface area contributed by atoms with Crippen molar-refractivity contribution in [1.29, 1.82) is 0 Å². The average Bonchev–Trinajstić information content (AvgIpc) is 3.30. The number of urea groups is 1. The largest absolute Gasteiger partial charge is 0.470 e. The summed E-state index contributed by atoms with van der Waals surface area (Å²) in [6.07, 6.45) is -3.37. The van der Waals surface area contributed by atoms with Gasteiger partial charge in [0.25, 0.3) is 0 Å². The van der Waals surface area contributed by atoms with Crippen molar-refractivity contribution in [3.05, 3.63) is 60.2 Å². The van der Waals surface area contributed by atoms with Gasteiger partial charge >= 0.3 is 18.1 Å². The molecule has 1 saturated heterocycles. The highest BCUT2D eigenvalue weighted by molar-refractivity contribution is 5.92. The molecule has 1 fully saturated rings. The van der Waals surface area contributed by atoms with Crippen LogP contribution in [0, 0.1) is 0 Å². The van der Waals surface area contributed by atoms with Crippen LogP contribution in [0.5, 0.6) is 0 Å². The minimum absolute atomic E-state index is 0.174. The second-order valence-corrected chi connectivity index (χ2v) is 6.75. The number of alkyl halides is 3. The number of morpholine rings is 1. The van der Waals surface area contributed by atoms with E-state index >= 15 is 0 Å². The molecule has 11 heteroatoms. The normalized spacial score (nSPS) is 14.5. The first-order chi connectivity index (χ1) is 14.9. The molecule has 162 valence electrons. The Bertz CT molecular complexity index is 1020. The van der Waals surface area contributed by atoms with Gasteiger partial charge in [-0.25, -0.2) is 4.79 Å². The van der Waals surface area contributed by atoms with Crippen LogP contribution in [0.25, 0.3) is 11.5 Å². The molecule has 0 saturated carbocycles. The van der Waals surface area contributed by atoms with Crippen LogP contribution < -0.4 is 4.90 Å². The summed E-state index contributed by atoms with van der Waals surface area (Å²) in [5.74, 6) is -1.70. The number of halogens is 3. The monoisotopic (exact) mass is 433 g/mol. The number of rotatable bonds is 4. The highest BCUT2D eigenvalue weighted by Gasteiger charge is 2.38. The Labute approximate surface area is 175 Å². The van der Waals surface area contributed by atoms with Crippen LogP contribution in [0.1, 0.15) is 11.6 Å². The molecule has 4 rings (SSSR count). The van der Waals surface area contributed by atoms with Crippen LogP contribution >= 0.6 is 0 Å². The molecular formula is C20H18F3N5O3. The minimum Gasteiger partial charge on any atom is -0.413 e. The topological polar surface area (TPSA) is 84.6 Å². The lowest BCUT2D eigenvalue weighted by Crippen LogP contribution is -2.48. The van der Waals surface area contributed by atoms with E-state index in [4.69, 9.17) is 4.74 Å². The number of hydrogen-bond acceptors (Lipinski definition) is 6. The van der Waals surface area contributed by atoms with E-state index in [1.807, 2.05) is 30.3 Å². The lowest BCUT2D eigenvalue weighted by Gasteiger charge is -2.33. The number of para-hydroxylation sites is 1. The zero-order valence-electron chi connectivity index (χ0n) is 16.2. The molecule has 0 unspecified atom stereocenters. The lowest BCUT2D eigenvalue weighted by atomic mass is 10.2. The van der Waals surface area contributed by atoms with Crippen molar-refractivity contribution in [3.63, 3.8) is 0 Å². The zero-order chi connectivity index (χ0) is 21.8. The molecule has 1 aliphatic rings. The number of carbonyl (C=O) groups excluding carboxylic acids is 1. The van der Waals surface area contributed by atoms with Gasteiger partial charge in [0.05, 0.1) is 31.0 Å². The van der Waals surface area contributed by atoms with Crippen LogP contribution in [0.15, 0.2) is 53.1 Å². The predicted octanol–water partition coefficient (Wildman–Crippen LogP) is 3.61. The third-order valence-electron chi connectivity index (χ3n) is 4.64. The molecule has 0 N–H and O–H groups in total. The predicted molar refractivity (Wildman–Crippen MR) is 103 cm³/mol. The number of benzene rings is 1. The molecule has 1 aliphatic heterocycles. The molecule has 2 amide bonds. The second-order valence-electron chi connectivity index (χ2n) is 6.75. The van der Waals surface area contributed by atoms with E-state index in [0.717, 1.165) is 0 Å². The van der Waals surface area contributed by atoms with Gasteiger partial charge in [0.15, 0.2) is 0 Å². The maximum atomic E-state index is 13.1. The Kier molecular flexibility index (Phi) is 5.85. The summed E-state index contributed by atoms with van der Waals surface area (Å²) in [6.45, 7) is 2.12. The number of anilines is 1. The first-order valence-electron chi connectivity index (χ1n) is 9.47. The summed E-state index contributed by atoms with van der Waals surface area (Å²) >= 11 is 0. The summed E-state index contributed by atoms with van der Waals surface area (Å²) in [5.41, 5.74) is 1.50. The van der Waals surface area contributed by atoms with Gasteiger partial charge in [-0.05, 0) is 24.3 Å². The molecule has 0 aliphatic carbocycles. The van der Waals surface area contributed by atoms with Crippen molar-refractivity contribution in [2.75, 3.05) is 31.2 Å². The fourth-order valence-corrected chi connectivity index (χ4v) is 3.06. The molecular weight excluding hydrogens is 415 g/mol. The summed E-state index contributed by atoms with van der Waals surface area (Å²) in [5, 5.41) is 6.43. The van der Waals surface area contributed by atoms with Crippen LogP contribution in [-0.4, -0.2) is 52.4 Å². The van der Waals surface area contributed by atoms with Gasteiger partial charge in [-0.15, -0.1) is 10.2 Å². The SMILES string of the molecule is O=C(N1CCOCC1)N(Cc1ccc(-c2nnc(C(F)(F)F)o2)cn1)c1ccccc1. The third-order valence-corrected chi connectivity index (χ3v) is 4.64. The van der Waals surface area contributed by atoms with Gasteiger partial charge in [0.2, 0.25) is 5.89 Å². The van der Waals surface area contributed by atoms with Gasteiger partial charge in [-0.1, -0.05) is 18.2 Å². The highest BCUT2D eigenvalue weighted by atomic mass is 19.4. The van der Waals surface area contributed by atoms with E-state index in [0.29, 0.717) is 37.7 Å². The van der Waals surface area contributed by atoms with E-state index in [-0.39, 0.29) is 24.0 Å². The first kappa shape index (κ1) is 20.8. The third kappa shape index (κ3) is 4.82. The van der Waals surface area contributed by atoms with Crippen molar-refractivity contribution in [1.82, 2.24) is 20.1 Å². The molecule has 1 aromatic carbocycles. The van der Waals surface area contributed by atoms with E-state index in [1.54, 1.807) is 15.9 Å². The Morgan fingerprint density at radius 3 is 2.42 bits per heavy atom. The Hall–Kier alpha value is -3.47. The van der Waals surface area contributed by atoms with E-state index in [9.17, 15) is 18.0 Å². The van der Waals surface area contributed by atoms with Crippen LogP contribution in [-0.2, 0) is 17.5 Å². The van der Waals surface area contributed by atoms with Crippen molar-refractivity contribution < 1.29 is 27.1 Å². The van der Waals surface area contributed by atoms with Crippen molar-refractivity contribution in [3.8, 4) is 11.5 Å². The summed E-state index contributed by atoms with van der Waals surface area (Å²) < 4.78 is 47.9. The van der Waals surface area contributed by atoms with Gasteiger partial charge in [-0.2, -0.15) is 13.2 Å². The van der Waals surface area contributed by atoms with Crippen molar-refractivity contribution >= 4 is 11.7 Å². The Morgan fingerprint density at radius 2 is 1.81 bits per heavy atom. The molecule has 0 radical (unpaired) electrons. The smallest absolute Gasteiger partial charge is 0.413 e. The molecule has 0 bridgehead atoms. The highest BCUT2D eigenvalue weighted by Crippen LogP contribution is 2.30. The number of amides is 2.